The SMILES string of the molecule is CC/C=C\C(C#Cc1ccc(/C(N)=N/O)nc1)=NC. The van der Waals surface area contributed by atoms with Gasteiger partial charge in [0.05, 0.1) is 0 Å². The predicted octanol–water partition coefficient (Wildman–Crippen LogP) is 1.56. The van der Waals surface area contributed by atoms with Gasteiger partial charge in [-0.3, -0.25) is 9.98 Å². The summed E-state index contributed by atoms with van der Waals surface area (Å²) in [5.41, 5.74) is 7.27. The number of allylic oxidation sites excluding steroid dienone is 2. The molecule has 0 saturated carbocycles. The minimum atomic E-state index is -0.0267. The Kier molecular flexibility index (Phi) is 5.83. The molecule has 0 unspecified atom stereocenters. The monoisotopic (exact) mass is 256 g/mol. The van der Waals surface area contributed by atoms with Crippen molar-refractivity contribution >= 4 is 11.5 Å². The van der Waals surface area contributed by atoms with Crippen LogP contribution in [0.15, 0.2) is 40.6 Å². The average molecular weight is 256 g/mol. The number of hydrogen-bond acceptors (Lipinski definition) is 4. The van der Waals surface area contributed by atoms with Crippen LogP contribution in [0.5, 0.6) is 0 Å². The fourth-order valence-corrected chi connectivity index (χ4v) is 1.21. The number of aliphatic imine (C=N–C) groups is 1. The standard InChI is InChI=1S/C14H16N4O/c1-3-4-5-12(16-2)8-6-11-7-9-13(17-10-11)14(15)18-19/h4-5,7,9-10,19H,3H2,1-2H3,(H2,15,18)/b5-4-,16-12?. The van der Waals surface area contributed by atoms with Crippen LogP contribution in [0, 0.1) is 11.8 Å². The number of aromatic nitrogens is 1. The van der Waals surface area contributed by atoms with Crippen LogP contribution in [0.4, 0.5) is 0 Å². The second kappa shape index (κ2) is 7.67. The number of hydrogen-bond donors (Lipinski definition) is 2. The maximum absolute atomic E-state index is 8.52. The van der Waals surface area contributed by atoms with Gasteiger partial charge in [-0.25, -0.2) is 0 Å². The van der Waals surface area contributed by atoms with Gasteiger partial charge < -0.3 is 10.9 Å². The van der Waals surface area contributed by atoms with Gasteiger partial charge in [-0.2, -0.15) is 0 Å². The third-order valence-electron chi connectivity index (χ3n) is 2.22. The number of oxime groups is 1. The van der Waals surface area contributed by atoms with Gasteiger partial charge in [0, 0.05) is 18.8 Å². The van der Waals surface area contributed by atoms with E-state index in [1.54, 1.807) is 25.4 Å². The first-order valence-corrected chi connectivity index (χ1v) is 5.80. The minimum Gasteiger partial charge on any atom is -0.409 e. The van der Waals surface area contributed by atoms with Gasteiger partial charge in [-0.05, 0) is 30.6 Å². The van der Waals surface area contributed by atoms with E-state index < -0.39 is 0 Å². The van der Waals surface area contributed by atoms with Crippen molar-refractivity contribution in [2.45, 2.75) is 13.3 Å². The molecule has 3 N–H and O–H groups in total. The first-order chi connectivity index (χ1) is 9.21. The highest BCUT2D eigenvalue weighted by Crippen LogP contribution is 1.98. The summed E-state index contributed by atoms with van der Waals surface area (Å²) in [5.74, 6) is 5.87. The lowest BCUT2D eigenvalue weighted by Gasteiger charge is -1.96. The van der Waals surface area contributed by atoms with E-state index in [-0.39, 0.29) is 5.84 Å². The van der Waals surface area contributed by atoms with E-state index in [0.717, 1.165) is 12.0 Å². The van der Waals surface area contributed by atoms with Gasteiger partial charge in [0.15, 0.2) is 5.84 Å². The smallest absolute Gasteiger partial charge is 0.188 e. The quantitative estimate of drug-likeness (QED) is 0.283. The molecule has 0 saturated heterocycles. The van der Waals surface area contributed by atoms with Gasteiger partial charge in [0.2, 0.25) is 0 Å². The Bertz CT molecular complexity index is 559. The van der Waals surface area contributed by atoms with Gasteiger partial charge in [-0.1, -0.05) is 24.1 Å². The molecule has 0 radical (unpaired) electrons. The largest absolute Gasteiger partial charge is 0.409 e. The van der Waals surface area contributed by atoms with E-state index in [1.165, 1.54) is 0 Å². The Labute approximate surface area is 112 Å². The molecule has 5 heteroatoms. The van der Waals surface area contributed by atoms with Crippen molar-refractivity contribution in [2.24, 2.45) is 15.9 Å². The summed E-state index contributed by atoms with van der Waals surface area (Å²) >= 11 is 0. The van der Waals surface area contributed by atoms with Crippen LogP contribution in [-0.4, -0.2) is 28.8 Å². The molecule has 0 fully saturated rings. The number of amidine groups is 1. The second-order valence-electron chi connectivity index (χ2n) is 3.59. The molecule has 19 heavy (non-hydrogen) atoms. The summed E-state index contributed by atoms with van der Waals surface area (Å²) in [6.45, 7) is 2.05. The predicted molar refractivity (Wildman–Crippen MR) is 76.4 cm³/mol. The summed E-state index contributed by atoms with van der Waals surface area (Å²) in [7, 11) is 1.70. The summed E-state index contributed by atoms with van der Waals surface area (Å²) in [4.78, 5) is 8.10. The van der Waals surface area contributed by atoms with E-state index in [4.69, 9.17) is 10.9 Å². The molecule has 1 rings (SSSR count). The molecule has 98 valence electrons. The maximum Gasteiger partial charge on any atom is 0.188 e. The molecule has 5 nitrogen and oxygen atoms in total. The van der Waals surface area contributed by atoms with Crippen molar-refractivity contribution in [1.82, 2.24) is 4.98 Å². The Morgan fingerprint density at radius 1 is 1.53 bits per heavy atom. The maximum atomic E-state index is 8.52. The topological polar surface area (TPSA) is 83.9 Å². The van der Waals surface area contributed by atoms with Gasteiger partial charge in [-0.15, -0.1) is 0 Å². The number of nitrogens with zero attached hydrogens (tertiary/aromatic N) is 3. The highest BCUT2D eigenvalue weighted by atomic mass is 16.4. The van der Waals surface area contributed by atoms with Gasteiger partial charge >= 0.3 is 0 Å². The highest BCUT2D eigenvalue weighted by Gasteiger charge is 1.99. The molecule has 1 aromatic rings. The lowest BCUT2D eigenvalue weighted by Crippen LogP contribution is -2.14. The zero-order chi connectivity index (χ0) is 14.1. The summed E-state index contributed by atoms with van der Waals surface area (Å²) < 4.78 is 0. The van der Waals surface area contributed by atoms with Crippen molar-refractivity contribution in [3.8, 4) is 11.8 Å². The first-order valence-electron chi connectivity index (χ1n) is 5.80. The van der Waals surface area contributed by atoms with Crippen LogP contribution >= 0.6 is 0 Å². The fraction of sp³-hybridized carbons (Fsp3) is 0.214. The molecule has 0 bridgehead atoms. The summed E-state index contributed by atoms with van der Waals surface area (Å²) in [6, 6.07) is 3.40. The molecule has 0 spiro atoms. The molecular weight excluding hydrogens is 240 g/mol. The second-order valence-corrected chi connectivity index (χ2v) is 3.59. The van der Waals surface area contributed by atoms with E-state index in [1.807, 2.05) is 19.1 Å². The Balaban J connectivity index is 2.87. The van der Waals surface area contributed by atoms with Crippen LogP contribution in [-0.2, 0) is 0 Å². The molecule has 0 amide bonds. The molecule has 1 aromatic heterocycles. The summed E-state index contributed by atoms with van der Waals surface area (Å²) in [6.07, 6.45) is 6.38. The number of pyridine rings is 1. The molecule has 0 atom stereocenters. The lowest BCUT2D eigenvalue weighted by molar-refractivity contribution is 0.318. The summed E-state index contributed by atoms with van der Waals surface area (Å²) in [5, 5.41) is 11.4. The molecule has 0 aliphatic carbocycles. The van der Waals surface area contributed by atoms with E-state index in [0.29, 0.717) is 11.4 Å². The first kappa shape index (κ1) is 14.5. The molecular formula is C14H16N4O. The van der Waals surface area contributed by atoms with Crippen LogP contribution in [0.25, 0.3) is 0 Å². The fourth-order valence-electron chi connectivity index (χ4n) is 1.21. The van der Waals surface area contributed by atoms with E-state index in [9.17, 15) is 0 Å². The van der Waals surface area contributed by atoms with Crippen LogP contribution < -0.4 is 5.73 Å². The van der Waals surface area contributed by atoms with Crippen LogP contribution in [0.2, 0.25) is 0 Å². The molecule has 0 aliphatic rings. The van der Waals surface area contributed by atoms with Crippen molar-refractivity contribution in [1.29, 1.82) is 0 Å². The highest BCUT2D eigenvalue weighted by molar-refractivity contribution is 6.08. The molecule has 0 aliphatic heterocycles. The van der Waals surface area contributed by atoms with Crippen molar-refractivity contribution < 1.29 is 5.21 Å². The molecule has 0 aromatic carbocycles. The van der Waals surface area contributed by atoms with E-state index in [2.05, 4.69) is 27.0 Å². The van der Waals surface area contributed by atoms with Crippen molar-refractivity contribution in [3.63, 3.8) is 0 Å². The zero-order valence-corrected chi connectivity index (χ0v) is 11.0. The third kappa shape index (κ3) is 4.64. The Morgan fingerprint density at radius 2 is 2.32 bits per heavy atom. The van der Waals surface area contributed by atoms with Crippen molar-refractivity contribution in [2.75, 3.05) is 7.05 Å². The lowest BCUT2D eigenvalue weighted by atomic mass is 10.2. The van der Waals surface area contributed by atoms with Gasteiger partial charge in [0.25, 0.3) is 0 Å². The average Bonchev–Trinajstić information content (AvgIpc) is 2.47. The Hall–Kier alpha value is -2.61. The van der Waals surface area contributed by atoms with E-state index >= 15 is 0 Å². The van der Waals surface area contributed by atoms with Gasteiger partial charge in [0.1, 0.15) is 11.4 Å². The van der Waals surface area contributed by atoms with Crippen LogP contribution in [0.1, 0.15) is 24.6 Å². The number of nitrogens with two attached hydrogens (primary N) is 1. The van der Waals surface area contributed by atoms with Crippen molar-refractivity contribution in [3.05, 3.63) is 41.7 Å². The normalized spacial score (nSPS) is 12.3. The number of rotatable bonds is 3. The third-order valence-corrected chi connectivity index (χ3v) is 2.22. The Morgan fingerprint density at radius 3 is 2.84 bits per heavy atom. The molecule has 1 heterocycles. The van der Waals surface area contributed by atoms with Crippen LogP contribution in [0.3, 0.4) is 0 Å². The zero-order valence-electron chi connectivity index (χ0n) is 11.0. The minimum absolute atomic E-state index is 0.0267.